The van der Waals surface area contributed by atoms with Crippen LogP contribution in [0.1, 0.15) is 6.42 Å². The number of hydrogen-bond acceptors (Lipinski definition) is 0. The van der Waals surface area contributed by atoms with Crippen LogP contribution in [-0.4, -0.2) is 11.6 Å². The Kier molecular flexibility index (Phi) is 2.60. The molecule has 0 spiro atoms. The molecule has 1 radical (unpaired) electrons. The van der Waals surface area contributed by atoms with Crippen molar-refractivity contribution < 1.29 is 13.2 Å². The fourth-order valence-electron chi connectivity index (χ4n) is 0.251. The van der Waals surface area contributed by atoms with Gasteiger partial charge in [-0.3, -0.25) is 0 Å². The molecule has 0 aliphatic rings. The Labute approximate surface area is 50.6 Å². The van der Waals surface area contributed by atoms with Gasteiger partial charge < -0.3 is 0 Å². The summed E-state index contributed by atoms with van der Waals surface area (Å²) in [5.74, 6) is 0. The van der Waals surface area contributed by atoms with Gasteiger partial charge in [-0.15, -0.1) is 11.6 Å². The van der Waals surface area contributed by atoms with E-state index in [-0.39, 0.29) is 0 Å². The maximum atomic E-state index is 11.2. The molecule has 0 heterocycles. The van der Waals surface area contributed by atoms with Gasteiger partial charge in [0, 0.05) is 5.38 Å². The average molecular weight is 146 g/mol. The van der Waals surface area contributed by atoms with Crippen molar-refractivity contribution >= 4 is 11.6 Å². The first-order valence-corrected chi connectivity index (χ1v) is 2.39. The Balaban J connectivity index is 3.39. The van der Waals surface area contributed by atoms with Gasteiger partial charge >= 0.3 is 6.18 Å². The SMILES string of the molecule is [CH2]C(Cl)CC(F)(F)F. The smallest absolute Gasteiger partial charge is 0.171 e. The second-order valence-electron chi connectivity index (χ2n) is 1.42. The standard InChI is InChI=1S/C4H5ClF3/c1-3(5)2-4(6,7)8/h3H,1-2H2. The summed E-state index contributed by atoms with van der Waals surface area (Å²) in [7, 11) is 0. The van der Waals surface area contributed by atoms with E-state index in [9.17, 15) is 13.2 Å². The highest BCUT2D eigenvalue weighted by Gasteiger charge is 2.28. The van der Waals surface area contributed by atoms with Gasteiger partial charge in [0.15, 0.2) is 0 Å². The predicted molar refractivity (Wildman–Crippen MR) is 25.7 cm³/mol. The zero-order valence-corrected chi connectivity index (χ0v) is 4.76. The van der Waals surface area contributed by atoms with Crippen LogP contribution in [0.15, 0.2) is 0 Å². The van der Waals surface area contributed by atoms with Gasteiger partial charge in [0.25, 0.3) is 0 Å². The first-order chi connectivity index (χ1) is 3.42. The Morgan fingerprint density at radius 1 is 1.50 bits per heavy atom. The number of halogens is 4. The van der Waals surface area contributed by atoms with Crippen molar-refractivity contribution in [3.05, 3.63) is 6.92 Å². The lowest BCUT2D eigenvalue weighted by atomic mass is 10.3. The molecule has 0 saturated carbocycles. The molecule has 0 aliphatic carbocycles. The summed E-state index contributed by atoms with van der Waals surface area (Å²) in [4.78, 5) is 0. The Morgan fingerprint density at radius 2 is 1.88 bits per heavy atom. The summed E-state index contributed by atoms with van der Waals surface area (Å²) < 4.78 is 33.5. The van der Waals surface area contributed by atoms with Gasteiger partial charge in [-0.2, -0.15) is 13.2 Å². The quantitative estimate of drug-likeness (QED) is 0.497. The van der Waals surface area contributed by atoms with Crippen LogP contribution in [0.25, 0.3) is 0 Å². The topological polar surface area (TPSA) is 0 Å². The van der Waals surface area contributed by atoms with Crippen LogP contribution in [0.5, 0.6) is 0 Å². The molecule has 49 valence electrons. The predicted octanol–water partition coefficient (Wildman–Crippen LogP) is 2.38. The van der Waals surface area contributed by atoms with Crippen molar-refractivity contribution in [1.29, 1.82) is 0 Å². The van der Waals surface area contributed by atoms with Crippen molar-refractivity contribution in [2.45, 2.75) is 18.0 Å². The van der Waals surface area contributed by atoms with E-state index in [4.69, 9.17) is 11.6 Å². The highest BCUT2D eigenvalue weighted by atomic mass is 35.5. The zero-order valence-electron chi connectivity index (χ0n) is 4.00. The fraction of sp³-hybridized carbons (Fsp3) is 0.750. The summed E-state index contributed by atoms with van der Waals surface area (Å²) in [5, 5.41) is -1.06. The molecule has 0 fully saturated rings. The molecule has 0 rings (SSSR count). The molecule has 0 aromatic heterocycles. The lowest BCUT2D eigenvalue weighted by Gasteiger charge is -2.05. The maximum Gasteiger partial charge on any atom is 0.390 e. The summed E-state index contributed by atoms with van der Waals surface area (Å²) >= 11 is 4.93. The summed E-state index contributed by atoms with van der Waals surface area (Å²) in [6.07, 6.45) is -5.19. The molecular formula is C4H5ClF3. The normalized spacial score (nSPS) is 16.1. The minimum Gasteiger partial charge on any atom is -0.171 e. The van der Waals surface area contributed by atoms with Gasteiger partial charge in [0.1, 0.15) is 0 Å². The van der Waals surface area contributed by atoms with Crippen LogP contribution in [0.4, 0.5) is 13.2 Å². The fourth-order valence-corrected chi connectivity index (χ4v) is 0.426. The van der Waals surface area contributed by atoms with Gasteiger partial charge in [-0.05, 0) is 6.92 Å². The van der Waals surface area contributed by atoms with Crippen LogP contribution < -0.4 is 0 Å². The van der Waals surface area contributed by atoms with E-state index < -0.39 is 18.0 Å². The molecule has 0 aliphatic heterocycles. The number of hydrogen-bond donors (Lipinski definition) is 0. The van der Waals surface area contributed by atoms with Crippen LogP contribution in [0.3, 0.4) is 0 Å². The maximum absolute atomic E-state index is 11.2. The second-order valence-corrected chi connectivity index (χ2v) is 2.03. The molecular weight excluding hydrogens is 140 g/mol. The van der Waals surface area contributed by atoms with Crippen molar-refractivity contribution in [3.8, 4) is 0 Å². The van der Waals surface area contributed by atoms with Crippen LogP contribution in [0.2, 0.25) is 0 Å². The van der Waals surface area contributed by atoms with Crippen molar-refractivity contribution in [2.75, 3.05) is 0 Å². The minimum atomic E-state index is -4.17. The highest BCUT2D eigenvalue weighted by Crippen LogP contribution is 2.23. The van der Waals surface area contributed by atoms with Gasteiger partial charge in [-0.25, -0.2) is 0 Å². The largest absolute Gasteiger partial charge is 0.390 e. The lowest BCUT2D eigenvalue weighted by Crippen LogP contribution is -2.12. The molecule has 0 bridgehead atoms. The molecule has 8 heavy (non-hydrogen) atoms. The van der Waals surface area contributed by atoms with Crippen LogP contribution in [0, 0.1) is 6.92 Å². The second kappa shape index (κ2) is 2.58. The molecule has 1 unspecified atom stereocenters. The summed E-state index contributed by atoms with van der Waals surface area (Å²) in [5.41, 5.74) is 0. The third kappa shape index (κ3) is 6.08. The van der Waals surface area contributed by atoms with E-state index in [0.29, 0.717) is 0 Å². The monoisotopic (exact) mass is 145 g/mol. The van der Waals surface area contributed by atoms with E-state index in [0.717, 1.165) is 0 Å². The molecule has 0 nitrogen and oxygen atoms in total. The summed E-state index contributed by atoms with van der Waals surface area (Å²) in [6, 6.07) is 0. The van der Waals surface area contributed by atoms with Crippen LogP contribution >= 0.6 is 11.6 Å². The van der Waals surface area contributed by atoms with E-state index >= 15 is 0 Å². The zero-order chi connectivity index (χ0) is 6.78. The van der Waals surface area contributed by atoms with Crippen molar-refractivity contribution in [2.24, 2.45) is 0 Å². The third-order valence-electron chi connectivity index (χ3n) is 0.453. The molecule has 0 aromatic rings. The molecule has 4 heteroatoms. The Morgan fingerprint density at radius 3 is 1.88 bits per heavy atom. The van der Waals surface area contributed by atoms with E-state index in [1.807, 2.05) is 0 Å². The van der Waals surface area contributed by atoms with Gasteiger partial charge in [0.2, 0.25) is 0 Å². The van der Waals surface area contributed by atoms with Crippen molar-refractivity contribution in [1.82, 2.24) is 0 Å². The summed E-state index contributed by atoms with van der Waals surface area (Å²) in [6.45, 7) is 2.97. The third-order valence-corrected chi connectivity index (χ3v) is 0.607. The first kappa shape index (κ1) is 8.08. The molecule has 1 atom stereocenters. The van der Waals surface area contributed by atoms with E-state index in [2.05, 4.69) is 6.92 Å². The number of rotatable bonds is 1. The number of alkyl halides is 4. The first-order valence-electron chi connectivity index (χ1n) is 1.96. The molecule has 0 N–H and O–H groups in total. The van der Waals surface area contributed by atoms with Gasteiger partial charge in [0.05, 0.1) is 6.42 Å². The Hall–Kier alpha value is 0.0800. The van der Waals surface area contributed by atoms with Crippen molar-refractivity contribution in [3.63, 3.8) is 0 Å². The van der Waals surface area contributed by atoms with E-state index in [1.165, 1.54) is 0 Å². The molecule has 0 aromatic carbocycles. The molecule has 0 saturated heterocycles. The average Bonchev–Trinajstić information content (AvgIpc) is 1.21. The minimum absolute atomic E-state index is 1.02. The highest BCUT2D eigenvalue weighted by molar-refractivity contribution is 6.21. The van der Waals surface area contributed by atoms with Crippen LogP contribution in [-0.2, 0) is 0 Å². The van der Waals surface area contributed by atoms with Gasteiger partial charge in [-0.1, -0.05) is 0 Å². The van der Waals surface area contributed by atoms with E-state index in [1.54, 1.807) is 0 Å². The lowest BCUT2D eigenvalue weighted by molar-refractivity contribution is -0.132. The Bertz CT molecular complexity index is 66.2. The molecule has 0 amide bonds.